The van der Waals surface area contributed by atoms with Gasteiger partial charge in [-0.1, -0.05) is 31.2 Å². The van der Waals surface area contributed by atoms with Gasteiger partial charge in [0.2, 0.25) is 0 Å². The molecule has 0 saturated heterocycles. The van der Waals surface area contributed by atoms with Crippen LogP contribution >= 0.6 is 0 Å². The molecule has 1 fully saturated rings. The molecule has 4 rings (SSSR count). The van der Waals surface area contributed by atoms with E-state index < -0.39 is 5.60 Å². The van der Waals surface area contributed by atoms with Gasteiger partial charge >= 0.3 is 0 Å². The SMILES string of the molecule is Cc1cc(N[C@H](c2ccc(C3(C)CC3)cc2)C(C)(C)O)n2ncnc2n1. The van der Waals surface area contributed by atoms with Crippen LogP contribution in [0.1, 0.15) is 56.5 Å². The Morgan fingerprint density at radius 3 is 2.54 bits per heavy atom. The zero-order chi connectivity index (χ0) is 18.5. The third kappa shape index (κ3) is 3.05. The van der Waals surface area contributed by atoms with Crippen LogP contribution < -0.4 is 5.32 Å². The summed E-state index contributed by atoms with van der Waals surface area (Å²) in [4.78, 5) is 8.54. The molecule has 136 valence electrons. The lowest BCUT2D eigenvalue weighted by atomic mass is 9.89. The van der Waals surface area contributed by atoms with Crippen molar-refractivity contribution < 1.29 is 5.11 Å². The first-order chi connectivity index (χ1) is 12.3. The molecule has 2 aromatic heterocycles. The summed E-state index contributed by atoms with van der Waals surface area (Å²) in [5.41, 5.74) is 2.63. The Bertz CT molecular complexity index is 935. The topological polar surface area (TPSA) is 75.3 Å². The molecule has 2 heterocycles. The third-order valence-electron chi connectivity index (χ3n) is 5.32. The van der Waals surface area contributed by atoms with Crippen LogP contribution in [0, 0.1) is 6.92 Å². The van der Waals surface area contributed by atoms with Crippen molar-refractivity contribution in [2.24, 2.45) is 0 Å². The van der Waals surface area contributed by atoms with Gasteiger partial charge < -0.3 is 10.4 Å². The molecular formula is C20H25N5O. The molecule has 6 nitrogen and oxygen atoms in total. The molecule has 1 aromatic carbocycles. The van der Waals surface area contributed by atoms with Gasteiger partial charge in [-0.05, 0) is 50.2 Å². The molecule has 2 N–H and O–H groups in total. The van der Waals surface area contributed by atoms with E-state index in [-0.39, 0.29) is 6.04 Å². The van der Waals surface area contributed by atoms with Gasteiger partial charge in [0, 0.05) is 11.8 Å². The maximum atomic E-state index is 10.8. The van der Waals surface area contributed by atoms with Gasteiger partial charge in [0.1, 0.15) is 12.1 Å². The average molecular weight is 351 g/mol. The fraction of sp³-hybridized carbons (Fsp3) is 0.450. The maximum Gasteiger partial charge on any atom is 0.254 e. The Labute approximate surface area is 153 Å². The Morgan fingerprint density at radius 2 is 1.92 bits per heavy atom. The minimum absolute atomic E-state index is 0.294. The lowest BCUT2D eigenvalue weighted by Crippen LogP contribution is -2.35. The first-order valence-corrected chi connectivity index (χ1v) is 9.03. The van der Waals surface area contributed by atoms with E-state index in [0.29, 0.717) is 11.2 Å². The number of aryl methyl sites for hydroxylation is 1. The number of aromatic nitrogens is 4. The highest BCUT2D eigenvalue weighted by Crippen LogP contribution is 2.47. The molecule has 3 aromatic rings. The Hall–Kier alpha value is -2.47. The molecule has 1 atom stereocenters. The van der Waals surface area contributed by atoms with Gasteiger partial charge in [0.15, 0.2) is 0 Å². The van der Waals surface area contributed by atoms with Crippen LogP contribution in [0.15, 0.2) is 36.7 Å². The first kappa shape index (κ1) is 17.0. The number of rotatable bonds is 5. The van der Waals surface area contributed by atoms with Crippen molar-refractivity contribution in [3.05, 3.63) is 53.5 Å². The molecule has 0 radical (unpaired) electrons. The van der Waals surface area contributed by atoms with Crippen LogP contribution in [0.4, 0.5) is 5.82 Å². The van der Waals surface area contributed by atoms with Crippen molar-refractivity contribution in [3.8, 4) is 0 Å². The van der Waals surface area contributed by atoms with Crippen molar-refractivity contribution in [1.82, 2.24) is 19.6 Å². The number of aliphatic hydroxyl groups is 1. The summed E-state index contributed by atoms with van der Waals surface area (Å²) in [6, 6.07) is 10.2. The second-order valence-corrected chi connectivity index (χ2v) is 8.17. The molecule has 6 heteroatoms. The minimum Gasteiger partial charge on any atom is -0.388 e. The summed E-state index contributed by atoms with van der Waals surface area (Å²) in [6.45, 7) is 7.85. The second kappa shape index (κ2) is 5.77. The Kier molecular flexibility index (Phi) is 3.77. The van der Waals surface area contributed by atoms with Crippen molar-refractivity contribution in [2.75, 3.05) is 5.32 Å². The first-order valence-electron chi connectivity index (χ1n) is 9.03. The predicted molar refractivity (Wildman–Crippen MR) is 101 cm³/mol. The number of benzene rings is 1. The fourth-order valence-electron chi connectivity index (χ4n) is 3.40. The number of hydrogen-bond acceptors (Lipinski definition) is 5. The number of hydrogen-bond donors (Lipinski definition) is 2. The highest BCUT2D eigenvalue weighted by Gasteiger charge is 2.39. The maximum absolute atomic E-state index is 10.8. The van der Waals surface area contributed by atoms with E-state index in [9.17, 15) is 5.11 Å². The zero-order valence-corrected chi connectivity index (χ0v) is 15.7. The molecule has 0 aliphatic heterocycles. The quantitative estimate of drug-likeness (QED) is 0.737. The summed E-state index contributed by atoms with van der Waals surface area (Å²) in [7, 11) is 0. The van der Waals surface area contributed by atoms with Crippen LogP contribution in [0.3, 0.4) is 0 Å². The van der Waals surface area contributed by atoms with Gasteiger partial charge in [0.25, 0.3) is 5.78 Å². The van der Waals surface area contributed by atoms with E-state index in [2.05, 4.69) is 51.6 Å². The summed E-state index contributed by atoms with van der Waals surface area (Å²) in [5.74, 6) is 1.30. The lowest BCUT2D eigenvalue weighted by Gasteiger charge is -2.31. The van der Waals surface area contributed by atoms with Crippen LogP contribution in [0.5, 0.6) is 0 Å². The van der Waals surface area contributed by atoms with Gasteiger partial charge in [-0.3, -0.25) is 0 Å². The van der Waals surface area contributed by atoms with Crippen LogP contribution in [-0.2, 0) is 5.41 Å². The number of fused-ring (bicyclic) bond motifs is 1. The number of anilines is 1. The van der Waals surface area contributed by atoms with Gasteiger partial charge in [-0.25, -0.2) is 4.98 Å². The molecule has 1 saturated carbocycles. The average Bonchev–Trinajstić information content (AvgIpc) is 3.15. The fourth-order valence-corrected chi connectivity index (χ4v) is 3.40. The summed E-state index contributed by atoms with van der Waals surface area (Å²) >= 11 is 0. The summed E-state index contributed by atoms with van der Waals surface area (Å²) in [6.07, 6.45) is 3.98. The van der Waals surface area contributed by atoms with E-state index in [4.69, 9.17) is 0 Å². The minimum atomic E-state index is -0.963. The van der Waals surface area contributed by atoms with Crippen LogP contribution in [0.2, 0.25) is 0 Å². The zero-order valence-electron chi connectivity index (χ0n) is 15.7. The molecule has 0 amide bonds. The molecule has 26 heavy (non-hydrogen) atoms. The van der Waals surface area contributed by atoms with E-state index >= 15 is 0 Å². The summed E-state index contributed by atoms with van der Waals surface area (Å²) < 4.78 is 1.66. The lowest BCUT2D eigenvalue weighted by molar-refractivity contribution is 0.0587. The largest absolute Gasteiger partial charge is 0.388 e. The monoisotopic (exact) mass is 351 g/mol. The summed E-state index contributed by atoms with van der Waals surface area (Å²) in [5, 5.41) is 18.5. The third-order valence-corrected chi connectivity index (χ3v) is 5.32. The van der Waals surface area contributed by atoms with E-state index in [1.165, 1.54) is 24.7 Å². The highest BCUT2D eigenvalue weighted by atomic mass is 16.3. The van der Waals surface area contributed by atoms with Crippen molar-refractivity contribution in [2.45, 2.75) is 57.6 Å². The molecule has 0 unspecified atom stereocenters. The number of nitrogens with one attached hydrogen (secondary N) is 1. The van der Waals surface area contributed by atoms with Gasteiger partial charge in [0.05, 0.1) is 11.6 Å². The molecule has 1 aliphatic rings. The smallest absolute Gasteiger partial charge is 0.254 e. The van der Waals surface area contributed by atoms with Crippen molar-refractivity contribution >= 4 is 11.6 Å². The predicted octanol–water partition coefficient (Wildman–Crippen LogP) is 3.41. The molecule has 0 spiro atoms. The van der Waals surface area contributed by atoms with Gasteiger partial charge in [-0.15, -0.1) is 0 Å². The van der Waals surface area contributed by atoms with Crippen molar-refractivity contribution in [3.63, 3.8) is 0 Å². The number of nitrogens with zero attached hydrogens (tertiary/aromatic N) is 4. The Balaban J connectivity index is 1.70. The molecule has 1 aliphatic carbocycles. The molecular weight excluding hydrogens is 326 g/mol. The second-order valence-electron chi connectivity index (χ2n) is 8.17. The van der Waals surface area contributed by atoms with E-state index in [1.807, 2.05) is 26.8 Å². The van der Waals surface area contributed by atoms with Crippen LogP contribution in [0.25, 0.3) is 5.78 Å². The van der Waals surface area contributed by atoms with Crippen LogP contribution in [-0.4, -0.2) is 30.3 Å². The van der Waals surface area contributed by atoms with Crippen molar-refractivity contribution in [1.29, 1.82) is 0 Å². The van der Waals surface area contributed by atoms with E-state index in [0.717, 1.165) is 17.1 Å². The normalized spacial score (nSPS) is 17.3. The van der Waals surface area contributed by atoms with Gasteiger partial charge in [-0.2, -0.15) is 14.6 Å². The highest BCUT2D eigenvalue weighted by molar-refractivity contribution is 5.48. The standard InChI is InChI=1S/C20H25N5O/c1-13-11-16(25-18(23-13)21-12-22-25)24-17(19(2,3)26)14-5-7-15(8-6-14)20(4)9-10-20/h5-8,11-12,17,24,26H,9-10H2,1-4H3/t17-/m1/s1. The molecule has 0 bridgehead atoms. The Morgan fingerprint density at radius 1 is 1.23 bits per heavy atom. The van der Waals surface area contributed by atoms with E-state index in [1.54, 1.807) is 4.52 Å².